The van der Waals surface area contributed by atoms with E-state index in [0.717, 1.165) is 19.3 Å². The van der Waals surface area contributed by atoms with Crippen LogP contribution in [0.3, 0.4) is 0 Å². The van der Waals surface area contributed by atoms with E-state index in [1.54, 1.807) is 0 Å². The molecule has 1 unspecified atom stereocenters. The van der Waals surface area contributed by atoms with Gasteiger partial charge in [0, 0.05) is 13.0 Å². The molecule has 25 heavy (non-hydrogen) atoms. The number of halogens is 1. The standard InChI is InChI=1S/C17H21ClN2O5/c1-25-13-7-6-11(9-12(13)18)16(17(23)24)19-14(21)10-20-8-4-2-3-5-15(20)22/h6-7,9,16H,2-5,8,10H2,1H3,(H,19,21)(H,23,24). The number of benzene rings is 1. The number of rotatable bonds is 6. The molecule has 0 spiro atoms. The molecule has 0 radical (unpaired) electrons. The van der Waals surface area contributed by atoms with Crippen molar-refractivity contribution in [3.63, 3.8) is 0 Å². The van der Waals surface area contributed by atoms with Crippen molar-refractivity contribution < 1.29 is 24.2 Å². The van der Waals surface area contributed by atoms with Crippen molar-refractivity contribution in [2.45, 2.75) is 31.7 Å². The van der Waals surface area contributed by atoms with Crippen molar-refractivity contribution in [2.24, 2.45) is 0 Å². The first-order valence-electron chi connectivity index (χ1n) is 8.05. The van der Waals surface area contributed by atoms with Gasteiger partial charge in [0.2, 0.25) is 11.8 Å². The first-order valence-corrected chi connectivity index (χ1v) is 8.43. The minimum absolute atomic E-state index is 0.0768. The molecule has 8 heteroatoms. The van der Waals surface area contributed by atoms with E-state index in [4.69, 9.17) is 16.3 Å². The third kappa shape index (κ3) is 5.09. The minimum atomic E-state index is -1.25. The smallest absolute Gasteiger partial charge is 0.330 e. The number of carbonyl (C=O) groups is 3. The zero-order valence-corrected chi connectivity index (χ0v) is 14.7. The Labute approximate surface area is 150 Å². The normalized spacial score (nSPS) is 16.1. The van der Waals surface area contributed by atoms with Gasteiger partial charge >= 0.3 is 5.97 Å². The van der Waals surface area contributed by atoms with Crippen molar-refractivity contribution in [2.75, 3.05) is 20.2 Å². The second-order valence-corrected chi connectivity index (χ2v) is 6.27. The zero-order valence-electron chi connectivity index (χ0n) is 14.0. The molecule has 136 valence electrons. The number of likely N-dealkylation sites (tertiary alicyclic amines) is 1. The van der Waals surface area contributed by atoms with E-state index in [0.29, 0.717) is 24.3 Å². The SMILES string of the molecule is COc1ccc(C(NC(=O)CN2CCCCCC2=O)C(=O)O)cc1Cl. The summed E-state index contributed by atoms with van der Waals surface area (Å²) in [6.07, 6.45) is 3.03. The van der Waals surface area contributed by atoms with Crippen LogP contribution in [-0.2, 0) is 14.4 Å². The lowest BCUT2D eigenvalue weighted by molar-refractivity contribution is -0.142. The van der Waals surface area contributed by atoms with Gasteiger partial charge in [-0.2, -0.15) is 0 Å². The topological polar surface area (TPSA) is 95.9 Å². The van der Waals surface area contributed by atoms with Crippen molar-refractivity contribution in [3.05, 3.63) is 28.8 Å². The molecule has 1 aliphatic heterocycles. The first kappa shape index (κ1) is 19.1. The number of carbonyl (C=O) groups excluding carboxylic acids is 2. The van der Waals surface area contributed by atoms with Gasteiger partial charge in [0.15, 0.2) is 6.04 Å². The molecule has 0 aromatic heterocycles. The molecule has 1 fully saturated rings. The average molecular weight is 369 g/mol. The fourth-order valence-corrected chi connectivity index (χ4v) is 3.00. The van der Waals surface area contributed by atoms with Crippen LogP contribution in [0, 0.1) is 0 Å². The van der Waals surface area contributed by atoms with Gasteiger partial charge in [0.25, 0.3) is 0 Å². The lowest BCUT2D eigenvalue weighted by Gasteiger charge is -2.22. The molecule has 1 atom stereocenters. The number of ether oxygens (including phenoxy) is 1. The second kappa shape index (κ2) is 8.71. The molecule has 0 aliphatic carbocycles. The van der Waals surface area contributed by atoms with Gasteiger partial charge in [0.05, 0.1) is 18.7 Å². The summed E-state index contributed by atoms with van der Waals surface area (Å²) in [5.41, 5.74) is 0.328. The second-order valence-electron chi connectivity index (χ2n) is 5.86. The molecule has 1 aromatic rings. The van der Waals surface area contributed by atoms with Gasteiger partial charge in [-0.3, -0.25) is 9.59 Å². The molecular formula is C17H21ClN2O5. The van der Waals surface area contributed by atoms with E-state index < -0.39 is 17.9 Å². The Balaban J connectivity index is 2.08. The van der Waals surface area contributed by atoms with E-state index in [9.17, 15) is 19.5 Å². The maximum absolute atomic E-state index is 12.2. The van der Waals surface area contributed by atoms with E-state index in [-0.39, 0.29) is 17.5 Å². The Bertz CT molecular complexity index is 664. The number of carboxylic acids is 1. The third-order valence-electron chi connectivity index (χ3n) is 4.07. The number of methoxy groups -OCH3 is 1. The molecule has 0 saturated carbocycles. The van der Waals surface area contributed by atoms with Gasteiger partial charge in [-0.1, -0.05) is 24.1 Å². The van der Waals surface area contributed by atoms with Crippen molar-refractivity contribution in [3.8, 4) is 5.75 Å². The number of hydrogen-bond acceptors (Lipinski definition) is 4. The number of hydrogen-bond donors (Lipinski definition) is 2. The summed E-state index contributed by atoms with van der Waals surface area (Å²) in [7, 11) is 1.45. The molecule has 1 saturated heterocycles. The van der Waals surface area contributed by atoms with Crippen LogP contribution in [0.25, 0.3) is 0 Å². The lowest BCUT2D eigenvalue weighted by atomic mass is 10.1. The number of nitrogens with zero attached hydrogens (tertiary/aromatic N) is 1. The minimum Gasteiger partial charge on any atom is -0.495 e. The highest BCUT2D eigenvalue weighted by Gasteiger charge is 2.25. The Hall–Kier alpha value is -2.28. The summed E-state index contributed by atoms with van der Waals surface area (Å²) in [5.74, 6) is -1.39. The van der Waals surface area contributed by atoms with Crippen molar-refractivity contribution >= 4 is 29.4 Å². The summed E-state index contributed by atoms with van der Waals surface area (Å²) in [5, 5.41) is 12.1. The van der Waals surface area contributed by atoms with Crippen LogP contribution in [0.5, 0.6) is 5.75 Å². The quantitative estimate of drug-likeness (QED) is 0.800. The molecule has 1 heterocycles. The molecule has 2 rings (SSSR count). The van der Waals surface area contributed by atoms with Crippen LogP contribution in [0.4, 0.5) is 0 Å². The van der Waals surface area contributed by atoms with Gasteiger partial charge < -0.3 is 20.1 Å². The van der Waals surface area contributed by atoms with Crippen molar-refractivity contribution in [1.29, 1.82) is 0 Å². The van der Waals surface area contributed by atoms with Gasteiger partial charge in [-0.25, -0.2) is 4.79 Å². The third-order valence-corrected chi connectivity index (χ3v) is 4.36. The molecule has 1 aromatic carbocycles. The Morgan fingerprint density at radius 2 is 2.12 bits per heavy atom. The molecule has 1 aliphatic rings. The van der Waals surface area contributed by atoms with Crippen LogP contribution < -0.4 is 10.1 Å². The largest absolute Gasteiger partial charge is 0.495 e. The highest BCUT2D eigenvalue weighted by Crippen LogP contribution is 2.27. The van der Waals surface area contributed by atoms with Crippen LogP contribution in [-0.4, -0.2) is 48.0 Å². The van der Waals surface area contributed by atoms with Gasteiger partial charge in [-0.05, 0) is 30.5 Å². The Morgan fingerprint density at radius 3 is 2.76 bits per heavy atom. The van der Waals surface area contributed by atoms with Gasteiger partial charge in [-0.15, -0.1) is 0 Å². The highest BCUT2D eigenvalue weighted by molar-refractivity contribution is 6.32. The van der Waals surface area contributed by atoms with E-state index >= 15 is 0 Å². The van der Waals surface area contributed by atoms with E-state index in [1.165, 1.54) is 30.2 Å². The van der Waals surface area contributed by atoms with Crippen molar-refractivity contribution in [1.82, 2.24) is 10.2 Å². The summed E-state index contributed by atoms with van der Waals surface area (Å²) in [6, 6.07) is 3.26. The van der Waals surface area contributed by atoms with E-state index in [1.807, 2.05) is 0 Å². The summed E-state index contributed by atoms with van der Waals surface area (Å²) >= 11 is 6.02. The number of aliphatic carboxylic acids is 1. The first-order chi connectivity index (χ1) is 11.9. The Kier molecular flexibility index (Phi) is 6.64. The van der Waals surface area contributed by atoms with Crippen LogP contribution in [0.15, 0.2) is 18.2 Å². The molecule has 0 bridgehead atoms. The highest BCUT2D eigenvalue weighted by atomic mass is 35.5. The summed E-state index contributed by atoms with van der Waals surface area (Å²) in [6.45, 7) is 0.366. The maximum atomic E-state index is 12.2. The van der Waals surface area contributed by atoms with Crippen LogP contribution in [0.2, 0.25) is 5.02 Å². The number of amides is 2. The molecule has 2 amide bonds. The monoisotopic (exact) mass is 368 g/mol. The van der Waals surface area contributed by atoms with Gasteiger partial charge in [0.1, 0.15) is 5.75 Å². The average Bonchev–Trinajstić information content (AvgIpc) is 2.77. The van der Waals surface area contributed by atoms with E-state index in [2.05, 4.69) is 5.32 Å². The van der Waals surface area contributed by atoms with Crippen LogP contribution >= 0.6 is 11.6 Å². The molecule has 7 nitrogen and oxygen atoms in total. The zero-order chi connectivity index (χ0) is 18.4. The molecule has 2 N–H and O–H groups in total. The molecular weight excluding hydrogens is 348 g/mol. The Morgan fingerprint density at radius 1 is 1.36 bits per heavy atom. The number of carboxylic acid groups (broad SMARTS) is 1. The predicted octanol–water partition coefficient (Wildman–Crippen LogP) is 1.99. The lowest BCUT2D eigenvalue weighted by Crippen LogP contribution is -2.43. The predicted molar refractivity (Wildman–Crippen MR) is 91.6 cm³/mol. The fraction of sp³-hybridized carbons (Fsp3) is 0.471. The number of nitrogens with one attached hydrogen (secondary N) is 1. The fourth-order valence-electron chi connectivity index (χ4n) is 2.74. The summed E-state index contributed by atoms with van der Waals surface area (Å²) < 4.78 is 5.03. The van der Waals surface area contributed by atoms with Crippen LogP contribution in [0.1, 0.15) is 37.3 Å². The summed E-state index contributed by atoms with van der Waals surface area (Å²) in [4.78, 5) is 37.2. The maximum Gasteiger partial charge on any atom is 0.330 e.